The van der Waals surface area contributed by atoms with E-state index in [1.54, 1.807) is 18.2 Å². The number of aldehydes is 1. The van der Waals surface area contributed by atoms with Crippen LogP contribution in [-0.4, -0.2) is 16.4 Å². The van der Waals surface area contributed by atoms with Crippen LogP contribution in [0.1, 0.15) is 12.6 Å². The summed E-state index contributed by atoms with van der Waals surface area (Å²) in [6.45, 7) is 1.41. The summed E-state index contributed by atoms with van der Waals surface area (Å²) in [6, 6.07) is 5.05. The molecule has 0 aliphatic heterocycles. The number of nitrogens with zero attached hydrogens (tertiary/aromatic N) is 1. The van der Waals surface area contributed by atoms with Crippen LogP contribution in [0.15, 0.2) is 24.4 Å². The van der Waals surface area contributed by atoms with E-state index in [1.165, 1.54) is 13.1 Å². The van der Waals surface area contributed by atoms with Gasteiger partial charge in [0.2, 0.25) is 0 Å². The zero-order valence-electron chi connectivity index (χ0n) is 6.19. The molecule has 0 radical (unpaired) electrons. The molecule has 1 aromatic heterocycles. The van der Waals surface area contributed by atoms with E-state index < -0.39 is 5.60 Å². The predicted octanol–water partition coefficient (Wildman–Crippen LogP) is 0.488. The molecule has 3 heteroatoms. The van der Waals surface area contributed by atoms with E-state index in [1.807, 2.05) is 0 Å². The number of rotatable bonds is 2. The Morgan fingerprint density at radius 2 is 2.36 bits per heavy atom. The molecule has 3 nitrogen and oxygen atoms in total. The van der Waals surface area contributed by atoms with E-state index in [2.05, 4.69) is 4.98 Å². The van der Waals surface area contributed by atoms with Crippen molar-refractivity contribution in [3.63, 3.8) is 0 Å². The maximum atomic E-state index is 10.3. The van der Waals surface area contributed by atoms with E-state index in [-0.39, 0.29) is 0 Å². The average molecular weight is 151 g/mol. The first kappa shape index (κ1) is 7.88. The highest BCUT2D eigenvalue weighted by Gasteiger charge is 2.22. The molecule has 0 saturated carbocycles. The lowest BCUT2D eigenvalue weighted by Gasteiger charge is -2.13. The van der Waals surface area contributed by atoms with Crippen LogP contribution in [-0.2, 0) is 10.4 Å². The van der Waals surface area contributed by atoms with Gasteiger partial charge in [-0.05, 0) is 19.1 Å². The Kier molecular flexibility index (Phi) is 2.01. The molecule has 0 fully saturated rings. The molecule has 0 aromatic carbocycles. The molecule has 1 atom stereocenters. The van der Waals surface area contributed by atoms with E-state index in [9.17, 15) is 9.90 Å². The van der Waals surface area contributed by atoms with Crippen LogP contribution < -0.4 is 0 Å². The largest absolute Gasteiger partial charge is 0.376 e. The van der Waals surface area contributed by atoms with Crippen LogP contribution in [0, 0.1) is 0 Å². The molecule has 0 saturated heterocycles. The molecule has 0 aliphatic rings. The number of hydrogen-bond donors (Lipinski definition) is 1. The summed E-state index contributed by atoms with van der Waals surface area (Å²) in [5, 5.41) is 9.36. The first-order valence-corrected chi connectivity index (χ1v) is 3.27. The van der Waals surface area contributed by atoms with E-state index >= 15 is 0 Å². The summed E-state index contributed by atoms with van der Waals surface area (Å²) in [6.07, 6.45) is 2.00. The van der Waals surface area contributed by atoms with Crippen LogP contribution in [0.3, 0.4) is 0 Å². The third-order valence-electron chi connectivity index (χ3n) is 1.41. The van der Waals surface area contributed by atoms with Gasteiger partial charge in [0, 0.05) is 6.20 Å². The summed E-state index contributed by atoms with van der Waals surface area (Å²) in [5.74, 6) is 0. The molecule has 0 aliphatic carbocycles. The quantitative estimate of drug-likeness (QED) is 0.626. The van der Waals surface area contributed by atoms with Gasteiger partial charge in [0.15, 0.2) is 11.9 Å². The van der Waals surface area contributed by atoms with Crippen molar-refractivity contribution in [2.45, 2.75) is 12.5 Å². The van der Waals surface area contributed by atoms with Gasteiger partial charge < -0.3 is 5.11 Å². The molecule has 0 bridgehead atoms. The second-order valence-electron chi connectivity index (χ2n) is 2.48. The van der Waals surface area contributed by atoms with Crippen molar-refractivity contribution in [1.82, 2.24) is 4.98 Å². The Bertz CT molecular complexity index is 244. The van der Waals surface area contributed by atoms with Crippen molar-refractivity contribution >= 4 is 6.29 Å². The van der Waals surface area contributed by atoms with Gasteiger partial charge >= 0.3 is 0 Å². The number of aliphatic hydroxyl groups is 1. The van der Waals surface area contributed by atoms with Crippen molar-refractivity contribution < 1.29 is 9.90 Å². The lowest BCUT2D eigenvalue weighted by atomic mass is 10.0. The molecule has 1 unspecified atom stereocenters. The van der Waals surface area contributed by atoms with Crippen LogP contribution in [0.4, 0.5) is 0 Å². The van der Waals surface area contributed by atoms with E-state index in [0.29, 0.717) is 12.0 Å². The van der Waals surface area contributed by atoms with Gasteiger partial charge in [0.25, 0.3) is 0 Å². The van der Waals surface area contributed by atoms with Crippen molar-refractivity contribution in [3.05, 3.63) is 30.1 Å². The molecule has 11 heavy (non-hydrogen) atoms. The van der Waals surface area contributed by atoms with Crippen molar-refractivity contribution in [2.75, 3.05) is 0 Å². The van der Waals surface area contributed by atoms with E-state index in [4.69, 9.17) is 0 Å². The minimum absolute atomic E-state index is 0.370. The monoisotopic (exact) mass is 151 g/mol. The molecule has 1 rings (SSSR count). The highest BCUT2D eigenvalue weighted by molar-refractivity contribution is 5.63. The standard InChI is InChI=1S/C8H9NO2/c1-8(11,6-10)7-4-2-3-5-9-7/h2-6,11H,1H3. The van der Waals surface area contributed by atoms with Gasteiger partial charge in [-0.1, -0.05) is 6.07 Å². The average Bonchev–Trinajstić information content (AvgIpc) is 2.06. The Labute approximate surface area is 64.7 Å². The van der Waals surface area contributed by atoms with E-state index in [0.717, 1.165) is 0 Å². The van der Waals surface area contributed by atoms with Gasteiger partial charge in [-0.15, -0.1) is 0 Å². The fourth-order valence-corrected chi connectivity index (χ4v) is 0.723. The number of pyridine rings is 1. The lowest BCUT2D eigenvalue weighted by Crippen LogP contribution is -2.23. The van der Waals surface area contributed by atoms with Gasteiger partial charge in [0.1, 0.15) is 0 Å². The smallest absolute Gasteiger partial charge is 0.158 e. The number of hydrogen-bond acceptors (Lipinski definition) is 3. The maximum absolute atomic E-state index is 10.3. The zero-order valence-corrected chi connectivity index (χ0v) is 6.19. The lowest BCUT2D eigenvalue weighted by molar-refractivity contribution is -0.123. The summed E-state index contributed by atoms with van der Waals surface area (Å²) in [7, 11) is 0. The fourth-order valence-electron chi connectivity index (χ4n) is 0.723. The molecular formula is C8H9NO2. The Morgan fingerprint density at radius 3 is 2.82 bits per heavy atom. The first-order chi connectivity index (χ1) is 5.17. The molecule has 0 spiro atoms. The Balaban J connectivity index is 3.02. The Morgan fingerprint density at radius 1 is 1.64 bits per heavy atom. The third kappa shape index (κ3) is 1.62. The van der Waals surface area contributed by atoms with Crippen LogP contribution in [0.5, 0.6) is 0 Å². The molecular weight excluding hydrogens is 142 g/mol. The second kappa shape index (κ2) is 2.80. The van der Waals surface area contributed by atoms with Crippen molar-refractivity contribution in [1.29, 1.82) is 0 Å². The number of carbonyl (C=O) groups excluding carboxylic acids is 1. The van der Waals surface area contributed by atoms with Gasteiger partial charge in [-0.2, -0.15) is 0 Å². The summed E-state index contributed by atoms with van der Waals surface area (Å²) < 4.78 is 0. The second-order valence-corrected chi connectivity index (χ2v) is 2.48. The fraction of sp³-hybridized carbons (Fsp3) is 0.250. The molecule has 58 valence electrons. The topological polar surface area (TPSA) is 50.2 Å². The van der Waals surface area contributed by atoms with Crippen molar-refractivity contribution in [2.24, 2.45) is 0 Å². The van der Waals surface area contributed by atoms with Crippen LogP contribution in [0.2, 0.25) is 0 Å². The summed E-state index contributed by atoms with van der Waals surface area (Å²) in [4.78, 5) is 14.2. The third-order valence-corrected chi connectivity index (χ3v) is 1.41. The minimum atomic E-state index is -1.46. The van der Waals surface area contributed by atoms with Crippen LogP contribution in [0.25, 0.3) is 0 Å². The molecule has 1 aromatic rings. The van der Waals surface area contributed by atoms with Gasteiger partial charge in [0.05, 0.1) is 5.69 Å². The predicted molar refractivity (Wildman–Crippen MR) is 39.9 cm³/mol. The highest BCUT2D eigenvalue weighted by Crippen LogP contribution is 2.13. The van der Waals surface area contributed by atoms with Gasteiger partial charge in [-0.25, -0.2) is 0 Å². The van der Waals surface area contributed by atoms with Crippen molar-refractivity contribution in [3.8, 4) is 0 Å². The van der Waals surface area contributed by atoms with Crippen LogP contribution >= 0.6 is 0 Å². The normalized spacial score (nSPS) is 15.5. The first-order valence-electron chi connectivity index (χ1n) is 3.27. The zero-order chi connectivity index (χ0) is 8.32. The Hall–Kier alpha value is -1.22. The molecule has 1 N–H and O–H groups in total. The SMILES string of the molecule is CC(O)(C=O)c1ccccn1. The molecule has 1 heterocycles. The summed E-state index contributed by atoms with van der Waals surface area (Å²) in [5.41, 5.74) is -1.09. The minimum Gasteiger partial charge on any atom is -0.376 e. The summed E-state index contributed by atoms with van der Waals surface area (Å²) >= 11 is 0. The number of aromatic nitrogens is 1. The molecule has 0 amide bonds. The van der Waals surface area contributed by atoms with Gasteiger partial charge in [-0.3, -0.25) is 9.78 Å². The number of carbonyl (C=O) groups is 1. The highest BCUT2D eigenvalue weighted by atomic mass is 16.3. The maximum Gasteiger partial charge on any atom is 0.158 e.